The summed E-state index contributed by atoms with van der Waals surface area (Å²) in [5.74, 6) is -8.75. The van der Waals surface area contributed by atoms with Gasteiger partial charge in [-0.25, -0.2) is 0 Å². The van der Waals surface area contributed by atoms with Gasteiger partial charge in [-0.2, -0.15) is 22.0 Å². The molecule has 0 rings (SSSR count). The van der Waals surface area contributed by atoms with Gasteiger partial charge in [-0.1, -0.05) is 15.9 Å². The predicted molar refractivity (Wildman–Crippen MR) is 42.8 cm³/mol. The molecule has 0 heterocycles. The summed E-state index contributed by atoms with van der Waals surface area (Å²) in [4.78, 5) is 20.9. The Bertz CT molecular complexity index is 265. The summed E-state index contributed by atoms with van der Waals surface area (Å²) >= 11 is 2.64. The highest BCUT2D eigenvalue weighted by atomic mass is 79.9. The van der Waals surface area contributed by atoms with E-state index in [1.807, 2.05) is 0 Å². The molecule has 0 atom stereocenters. The van der Waals surface area contributed by atoms with Gasteiger partial charge in [0, 0.05) is 0 Å². The summed E-state index contributed by atoms with van der Waals surface area (Å²) in [7, 11) is 0. The van der Waals surface area contributed by atoms with Gasteiger partial charge in [-0.3, -0.25) is 9.59 Å². The van der Waals surface area contributed by atoms with Crippen molar-refractivity contribution in [3.63, 3.8) is 0 Å². The van der Waals surface area contributed by atoms with Crippen LogP contribution in [0, 0.1) is 0 Å². The van der Waals surface area contributed by atoms with Gasteiger partial charge >= 0.3 is 18.0 Å². The molecule has 0 aliphatic rings. The van der Waals surface area contributed by atoms with Crippen molar-refractivity contribution in [1.29, 1.82) is 0 Å². The molecule has 0 aliphatic heterocycles. The highest BCUT2D eigenvalue weighted by Crippen LogP contribution is 2.35. The van der Waals surface area contributed by atoms with Gasteiger partial charge in [0.25, 0.3) is 0 Å². The molecule has 0 aromatic carbocycles. The predicted octanol–water partition coefficient (Wildman–Crippen LogP) is 1.26. The van der Waals surface area contributed by atoms with E-state index >= 15 is 0 Å². The summed E-state index contributed by atoms with van der Waals surface area (Å²) in [5.41, 5.74) is 0. The van der Waals surface area contributed by atoms with E-state index in [-0.39, 0.29) is 5.33 Å². The van der Waals surface area contributed by atoms with Crippen molar-refractivity contribution in [2.75, 3.05) is 11.9 Å². The van der Waals surface area contributed by atoms with Gasteiger partial charge in [0.05, 0.1) is 11.9 Å². The number of carbonyl (C=O) groups excluding carboxylic acids is 2. The lowest BCUT2D eigenvalue weighted by molar-refractivity contribution is -0.269. The summed E-state index contributed by atoms with van der Waals surface area (Å²) in [5, 5.41) is 0.947. The average Bonchev–Trinajstić information content (AvgIpc) is 2.11. The van der Waals surface area contributed by atoms with Crippen LogP contribution in [0.1, 0.15) is 0 Å². The number of ketones is 1. The van der Waals surface area contributed by atoms with Gasteiger partial charge < -0.3 is 5.32 Å². The average molecular weight is 298 g/mol. The van der Waals surface area contributed by atoms with Crippen molar-refractivity contribution in [2.45, 2.75) is 12.1 Å². The number of Topliss-reactive ketones (excluding diaryl/α,β-unsaturated/α-hetero) is 1. The van der Waals surface area contributed by atoms with Crippen molar-refractivity contribution in [2.24, 2.45) is 0 Å². The third-order valence-electron chi connectivity index (χ3n) is 1.24. The fourth-order valence-corrected chi connectivity index (χ4v) is 0.664. The minimum Gasteiger partial charge on any atom is -0.343 e. The first-order valence-electron chi connectivity index (χ1n) is 3.43. The lowest BCUT2D eigenvalue weighted by atomic mass is 10.3. The third kappa shape index (κ3) is 3.73. The van der Waals surface area contributed by atoms with Crippen molar-refractivity contribution >= 4 is 27.6 Å². The number of rotatable bonds is 4. The molecule has 0 spiro atoms. The first-order valence-corrected chi connectivity index (χ1v) is 4.55. The standard InChI is InChI=1S/C6H5BrF5NO2/c7-1-3(14)2-13-4(15)5(8,9)6(10,11)12/h1-2H2,(H,13,15). The molecule has 0 aliphatic carbocycles. The van der Waals surface area contributed by atoms with E-state index in [0.717, 1.165) is 0 Å². The summed E-state index contributed by atoms with van der Waals surface area (Å²) < 4.78 is 59.2. The van der Waals surface area contributed by atoms with Crippen LogP contribution in [-0.2, 0) is 9.59 Å². The summed E-state index contributed by atoms with van der Waals surface area (Å²) in [6.45, 7) is -0.879. The second-order valence-corrected chi connectivity index (χ2v) is 2.99. The Morgan fingerprint density at radius 3 is 1.93 bits per heavy atom. The number of carbonyl (C=O) groups is 2. The minimum absolute atomic E-state index is 0.245. The fourth-order valence-electron chi connectivity index (χ4n) is 0.466. The Balaban J connectivity index is 4.40. The van der Waals surface area contributed by atoms with Crippen molar-refractivity contribution < 1.29 is 31.5 Å². The Morgan fingerprint density at radius 1 is 1.13 bits per heavy atom. The maximum Gasteiger partial charge on any atom is 0.463 e. The van der Waals surface area contributed by atoms with Crippen LogP contribution in [-0.4, -0.2) is 35.7 Å². The SMILES string of the molecule is O=C(CBr)CNC(=O)C(F)(F)C(F)(F)F. The van der Waals surface area contributed by atoms with Crippen molar-refractivity contribution in [1.82, 2.24) is 5.32 Å². The summed E-state index contributed by atoms with van der Waals surface area (Å²) in [6, 6.07) is 0. The number of amides is 1. The first kappa shape index (κ1) is 14.3. The maximum atomic E-state index is 12.2. The number of alkyl halides is 6. The molecular formula is C6H5BrF5NO2. The number of halogens is 6. The van der Waals surface area contributed by atoms with Crippen LogP contribution in [0.4, 0.5) is 22.0 Å². The monoisotopic (exact) mass is 297 g/mol. The van der Waals surface area contributed by atoms with Crippen LogP contribution in [0.3, 0.4) is 0 Å². The van der Waals surface area contributed by atoms with Crippen LogP contribution < -0.4 is 5.32 Å². The van der Waals surface area contributed by atoms with Crippen LogP contribution >= 0.6 is 15.9 Å². The second-order valence-electron chi connectivity index (χ2n) is 2.43. The highest BCUT2D eigenvalue weighted by Gasteiger charge is 2.63. The van der Waals surface area contributed by atoms with Crippen molar-refractivity contribution in [3.8, 4) is 0 Å². The third-order valence-corrected chi connectivity index (χ3v) is 1.86. The van der Waals surface area contributed by atoms with E-state index in [1.165, 1.54) is 5.32 Å². The van der Waals surface area contributed by atoms with Gasteiger partial charge in [-0.15, -0.1) is 0 Å². The Kier molecular flexibility index (Phi) is 4.63. The number of hydrogen-bond acceptors (Lipinski definition) is 2. The van der Waals surface area contributed by atoms with E-state index < -0.39 is 30.3 Å². The zero-order valence-corrected chi connectivity index (χ0v) is 8.58. The zero-order valence-electron chi connectivity index (χ0n) is 7.00. The molecule has 0 saturated heterocycles. The molecule has 0 saturated carbocycles. The van der Waals surface area contributed by atoms with Gasteiger partial charge in [0.2, 0.25) is 0 Å². The van der Waals surface area contributed by atoms with Gasteiger partial charge in [-0.05, 0) is 0 Å². The maximum absolute atomic E-state index is 12.2. The molecule has 9 heteroatoms. The Labute approximate surface area is 89.1 Å². The summed E-state index contributed by atoms with van der Waals surface area (Å²) in [6.07, 6.45) is -5.96. The number of nitrogens with one attached hydrogen (secondary N) is 1. The second kappa shape index (κ2) is 4.86. The van der Waals surface area contributed by atoms with Gasteiger partial charge in [0.15, 0.2) is 5.78 Å². The molecule has 1 amide bonds. The van der Waals surface area contributed by atoms with Crippen LogP contribution in [0.2, 0.25) is 0 Å². The van der Waals surface area contributed by atoms with Crippen LogP contribution in [0.5, 0.6) is 0 Å². The lowest BCUT2D eigenvalue weighted by Crippen LogP contribution is -2.51. The van der Waals surface area contributed by atoms with E-state index in [2.05, 4.69) is 15.9 Å². The molecule has 0 bridgehead atoms. The van der Waals surface area contributed by atoms with E-state index in [9.17, 15) is 31.5 Å². The fraction of sp³-hybridized carbons (Fsp3) is 0.667. The molecule has 3 nitrogen and oxygen atoms in total. The highest BCUT2D eigenvalue weighted by molar-refractivity contribution is 9.09. The smallest absolute Gasteiger partial charge is 0.343 e. The Hall–Kier alpha value is -0.730. The molecule has 15 heavy (non-hydrogen) atoms. The molecule has 1 N–H and O–H groups in total. The first-order chi connectivity index (χ1) is 6.63. The largest absolute Gasteiger partial charge is 0.463 e. The Morgan fingerprint density at radius 2 is 1.60 bits per heavy atom. The van der Waals surface area contributed by atoms with E-state index in [0.29, 0.717) is 0 Å². The zero-order chi connectivity index (χ0) is 12.3. The molecule has 0 fully saturated rings. The molecule has 0 unspecified atom stereocenters. The quantitative estimate of drug-likeness (QED) is 0.627. The molecule has 0 aromatic heterocycles. The lowest BCUT2D eigenvalue weighted by Gasteiger charge is -2.18. The molecule has 88 valence electrons. The van der Waals surface area contributed by atoms with Crippen LogP contribution in [0.25, 0.3) is 0 Å². The van der Waals surface area contributed by atoms with Crippen LogP contribution in [0.15, 0.2) is 0 Å². The van der Waals surface area contributed by atoms with E-state index in [1.54, 1.807) is 0 Å². The van der Waals surface area contributed by atoms with Crippen molar-refractivity contribution in [3.05, 3.63) is 0 Å². The normalized spacial score (nSPS) is 12.4. The topological polar surface area (TPSA) is 46.2 Å². The van der Waals surface area contributed by atoms with E-state index in [4.69, 9.17) is 0 Å². The van der Waals surface area contributed by atoms with Gasteiger partial charge in [0.1, 0.15) is 0 Å². The molecular weight excluding hydrogens is 293 g/mol. The number of hydrogen-bond donors (Lipinski definition) is 1. The molecule has 0 radical (unpaired) electrons. The molecule has 0 aromatic rings. The minimum atomic E-state index is -5.96.